The average Bonchev–Trinajstić information content (AvgIpc) is 3.02. The molecule has 0 saturated heterocycles. The van der Waals surface area contributed by atoms with Crippen molar-refractivity contribution >= 4 is 11.6 Å². The van der Waals surface area contributed by atoms with E-state index < -0.39 is 6.10 Å². The zero-order valence-electron chi connectivity index (χ0n) is 13.4. The van der Waals surface area contributed by atoms with Gasteiger partial charge in [0, 0.05) is 17.8 Å². The molecule has 1 amide bonds. The van der Waals surface area contributed by atoms with Gasteiger partial charge in [0.05, 0.1) is 12.7 Å². The molecule has 3 heterocycles. The Balaban J connectivity index is 0.00000196. The monoisotopic (exact) mass is 358 g/mol. The number of amides is 1. The van der Waals surface area contributed by atoms with Crippen LogP contribution in [0.2, 0.25) is 0 Å². The molecule has 1 aliphatic heterocycles. The number of nitrogens with zero attached hydrogens (tertiary/aromatic N) is 3. The van der Waals surface area contributed by atoms with Gasteiger partial charge >= 0.3 is 0 Å². The lowest BCUT2D eigenvalue weighted by molar-refractivity contribution is 0.0948. The molecule has 8 heteroatoms. The van der Waals surface area contributed by atoms with Crippen LogP contribution in [0, 0.1) is 5.82 Å². The number of rotatable bonds is 0. The molecule has 4 rings (SSSR count). The van der Waals surface area contributed by atoms with E-state index in [1.807, 2.05) is 0 Å². The Morgan fingerprint density at radius 1 is 1.35 bits per heavy atom. The number of benzene rings is 1. The second kappa shape index (κ2) is 6.99. The number of ether oxygens (including phenoxy) is 2. The molecule has 0 spiro atoms. The summed E-state index contributed by atoms with van der Waals surface area (Å²) in [4.78, 5) is 16.7. The first-order valence-corrected chi connectivity index (χ1v) is 7.83. The molecule has 1 aromatic carbocycles. The van der Waals surface area contributed by atoms with E-state index in [0.717, 1.165) is 0 Å². The molecule has 7 nitrogen and oxygen atoms in total. The predicted molar refractivity (Wildman–Crippen MR) is 93.0 cm³/mol. The molecular weight excluding hydrogens is 339 g/mol. The number of carbonyl (C=O) groups excluding carboxylic acids is 1. The summed E-state index contributed by atoms with van der Waals surface area (Å²) in [7, 11) is 0. The Bertz CT molecular complexity index is 957. The van der Waals surface area contributed by atoms with E-state index in [0.29, 0.717) is 34.9 Å². The average molecular weight is 358 g/mol. The number of carbonyl (C=O) groups is 1. The van der Waals surface area contributed by atoms with Crippen LogP contribution in [0.15, 0.2) is 36.7 Å². The highest BCUT2D eigenvalue weighted by atomic mass is 19.1. The maximum Gasteiger partial charge on any atom is 0.256 e. The lowest BCUT2D eigenvalue weighted by Gasteiger charge is -2.18. The largest absolute Gasteiger partial charge is 0.491 e. The van der Waals surface area contributed by atoms with Crippen molar-refractivity contribution < 1.29 is 18.7 Å². The third-order valence-electron chi connectivity index (χ3n) is 3.94. The molecule has 136 valence electrons. The summed E-state index contributed by atoms with van der Waals surface area (Å²) in [6.07, 6.45) is 2.62. The minimum absolute atomic E-state index is 0. The van der Waals surface area contributed by atoms with Gasteiger partial charge in [-0.05, 0) is 25.1 Å². The Kier molecular flexibility index (Phi) is 4.75. The van der Waals surface area contributed by atoms with Gasteiger partial charge in [0.25, 0.3) is 5.91 Å². The van der Waals surface area contributed by atoms with Crippen molar-refractivity contribution in [2.45, 2.75) is 20.5 Å². The Morgan fingerprint density at radius 3 is 3.04 bits per heavy atom. The van der Waals surface area contributed by atoms with Crippen LogP contribution in [0.4, 0.5) is 4.39 Å². The van der Waals surface area contributed by atoms with E-state index >= 15 is 0 Å². The highest BCUT2D eigenvalue weighted by molar-refractivity contribution is 5.99. The maximum atomic E-state index is 13.7. The van der Waals surface area contributed by atoms with Gasteiger partial charge in [-0.25, -0.2) is 8.91 Å². The highest BCUT2D eigenvalue weighted by Gasteiger charge is 2.19. The van der Waals surface area contributed by atoms with Crippen LogP contribution in [0.25, 0.3) is 5.65 Å². The third kappa shape index (κ3) is 3.17. The van der Waals surface area contributed by atoms with Crippen molar-refractivity contribution in [1.82, 2.24) is 19.9 Å². The number of halogens is 1. The zero-order chi connectivity index (χ0) is 17.4. The first kappa shape index (κ1) is 17.7. The molecule has 0 saturated carbocycles. The summed E-state index contributed by atoms with van der Waals surface area (Å²) < 4.78 is 26.7. The number of aromatic nitrogens is 3. The molecule has 1 aliphatic rings. The molecule has 3 aromatic rings. The van der Waals surface area contributed by atoms with Crippen molar-refractivity contribution in [3.05, 3.63) is 53.6 Å². The van der Waals surface area contributed by atoms with Crippen LogP contribution in [-0.4, -0.2) is 33.7 Å². The van der Waals surface area contributed by atoms with Crippen LogP contribution in [0.3, 0.4) is 0 Å². The normalized spacial score (nSPS) is 16.8. The van der Waals surface area contributed by atoms with Crippen LogP contribution in [-0.2, 0) is 0 Å². The molecule has 2 bridgehead atoms. The lowest BCUT2D eigenvalue weighted by atomic mass is 10.1. The van der Waals surface area contributed by atoms with Crippen LogP contribution >= 0.6 is 0 Å². The SMILES string of the molecule is C.C[C@H]1Oc2ccn3ncc(c3n2)C(=O)NCCOc2ccc(F)cc21. The number of nitrogens with one attached hydrogen (secondary N) is 1. The predicted octanol–water partition coefficient (Wildman–Crippen LogP) is 2.77. The number of fused-ring (bicyclic) bond motifs is 2. The standard InChI is InChI=1S/C17H15FN4O3.CH4/c1-10-12-8-11(18)2-3-14(12)24-7-5-19-17(23)13-9-20-22-6-4-15(25-10)21-16(13)22;/h2-4,6,8-10H,5,7H2,1H3,(H,19,23);1H4/t10-;/m1./s1. The summed E-state index contributed by atoms with van der Waals surface area (Å²) >= 11 is 0. The first-order chi connectivity index (χ1) is 12.1. The smallest absolute Gasteiger partial charge is 0.256 e. The molecule has 26 heavy (non-hydrogen) atoms. The first-order valence-electron chi connectivity index (χ1n) is 7.83. The second-order valence-electron chi connectivity index (χ2n) is 5.64. The third-order valence-corrected chi connectivity index (χ3v) is 3.94. The minimum Gasteiger partial charge on any atom is -0.491 e. The lowest BCUT2D eigenvalue weighted by Crippen LogP contribution is -2.28. The topological polar surface area (TPSA) is 77.8 Å². The Hall–Kier alpha value is -3.16. The van der Waals surface area contributed by atoms with Crippen molar-refractivity contribution in [2.24, 2.45) is 0 Å². The van der Waals surface area contributed by atoms with E-state index in [1.54, 1.807) is 25.3 Å². The van der Waals surface area contributed by atoms with Gasteiger partial charge in [-0.2, -0.15) is 10.1 Å². The van der Waals surface area contributed by atoms with Crippen molar-refractivity contribution in [3.8, 4) is 11.6 Å². The summed E-state index contributed by atoms with van der Waals surface area (Å²) in [5.74, 6) is 0.141. The number of hydrogen-bond donors (Lipinski definition) is 1. The minimum atomic E-state index is -0.489. The van der Waals surface area contributed by atoms with Crippen molar-refractivity contribution in [1.29, 1.82) is 0 Å². The Labute approximate surface area is 149 Å². The summed E-state index contributed by atoms with van der Waals surface area (Å²) in [5, 5.41) is 6.86. The summed E-state index contributed by atoms with van der Waals surface area (Å²) in [6, 6.07) is 5.89. The number of hydrogen-bond acceptors (Lipinski definition) is 5. The zero-order valence-corrected chi connectivity index (χ0v) is 13.4. The second-order valence-corrected chi connectivity index (χ2v) is 5.64. The van der Waals surface area contributed by atoms with Crippen LogP contribution < -0.4 is 14.8 Å². The molecule has 2 aromatic heterocycles. The van der Waals surface area contributed by atoms with Gasteiger partial charge < -0.3 is 14.8 Å². The fraction of sp³-hybridized carbons (Fsp3) is 0.278. The van der Waals surface area contributed by atoms with E-state index in [-0.39, 0.29) is 25.8 Å². The van der Waals surface area contributed by atoms with E-state index in [2.05, 4.69) is 15.4 Å². The molecule has 0 fully saturated rings. The van der Waals surface area contributed by atoms with Gasteiger partial charge in [-0.1, -0.05) is 7.43 Å². The van der Waals surface area contributed by atoms with Gasteiger partial charge in [-0.3, -0.25) is 4.79 Å². The van der Waals surface area contributed by atoms with Crippen LogP contribution in [0.1, 0.15) is 36.4 Å². The van der Waals surface area contributed by atoms with Gasteiger partial charge in [-0.15, -0.1) is 0 Å². The van der Waals surface area contributed by atoms with Gasteiger partial charge in [0.2, 0.25) is 5.88 Å². The fourth-order valence-corrected chi connectivity index (χ4v) is 2.71. The Morgan fingerprint density at radius 2 is 2.19 bits per heavy atom. The summed E-state index contributed by atoms with van der Waals surface area (Å²) in [5.41, 5.74) is 1.31. The van der Waals surface area contributed by atoms with E-state index in [9.17, 15) is 9.18 Å². The maximum absolute atomic E-state index is 13.7. The molecule has 0 aliphatic carbocycles. The quantitative estimate of drug-likeness (QED) is 0.669. The summed E-state index contributed by atoms with van der Waals surface area (Å²) in [6.45, 7) is 2.32. The molecule has 0 radical (unpaired) electrons. The van der Waals surface area contributed by atoms with E-state index in [4.69, 9.17) is 9.47 Å². The molecule has 0 unspecified atom stereocenters. The highest BCUT2D eigenvalue weighted by Crippen LogP contribution is 2.29. The van der Waals surface area contributed by atoms with Crippen molar-refractivity contribution in [2.75, 3.05) is 13.2 Å². The molecule has 1 atom stereocenters. The van der Waals surface area contributed by atoms with Gasteiger partial charge in [0.15, 0.2) is 5.65 Å². The van der Waals surface area contributed by atoms with Crippen LogP contribution in [0.5, 0.6) is 11.6 Å². The molecule has 1 N–H and O–H groups in total. The van der Waals surface area contributed by atoms with E-state index in [1.165, 1.54) is 22.8 Å². The fourth-order valence-electron chi connectivity index (χ4n) is 2.71. The van der Waals surface area contributed by atoms with Crippen molar-refractivity contribution in [3.63, 3.8) is 0 Å². The molecular formula is C18H19FN4O3. The van der Waals surface area contributed by atoms with Gasteiger partial charge in [0.1, 0.15) is 29.8 Å².